The minimum absolute atomic E-state index is 0.0137. The fraction of sp³-hybridized carbons (Fsp3) is 0.462. The van der Waals surface area contributed by atoms with Gasteiger partial charge in [-0.2, -0.15) is 0 Å². The third-order valence-electron chi connectivity index (χ3n) is 5.47. The Morgan fingerprint density at radius 3 is 2.60 bits per heavy atom. The van der Waals surface area contributed by atoms with E-state index in [2.05, 4.69) is 17.6 Å². The van der Waals surface area contributed by atoms with E-state index in [1.165, 1.54) is 0 Å². The van der Waals surface area contributed by atoms with Gasteiger partial charge in [0.25, 0.3) is 5.91 Å². The SMILES string of the molecule is CCCCC(=O)Nc1cccc(NCc2cc(Cl)c(OCC(=O)N3CCOCC3)c(OCC)c2)c1. The third-order valence-corrected chi connectivity index (χ3v) is 5.75. The summed E-state index contributed by atoms with van der Waals surface area (Å²) in [6.07, 6.45) is 2.36. The van der Waals surface area contributed by atoms with Crippen molar-refractivity contribution < 1.29 is 23.8 Å². The van der Waals surface area contributed by atoms with E-state index in [0.29, 0.717) is 62.4 Å². The first kappa shape index (κ1) is 26.6. The molecule has 3 rings (SSSR count). The maximum absolute atomic E-state index is 12.4. The summed E-state index contributed by atoms with van der Waals surface area (Å²) in [6, 6.07) is 11.2. The number of rotatable bonds is 12. The van der Waals surface area contributed by atoms with Crippen LogP contribution >= 0.6 is 11.6 Å². The molecule has 0 bridgehead atoms. The maximum atomic E-state index is 12.4. The highest BCUT2D eigenvalue weighted by atomic mass is 35.5. The van der Waals surface area contributed by atoms with E-state index in [9.17, 15) is 9.59 Å². The highest BCUT2D eigenvalue weighted by molar-refractivity contribution is 6.32. The molecule has 8 nitrogen and oxygen atoms in total. The molecule has 0 radical (unpaired) electrons. The zero-order valence-corrected chi connectivity index (χ0v) is 21.2. The number of halogens is 1. The number of hydrogen-bond donors (Lipinski definition) is 2. The standard InChI is InChI=1S/C26H34ClN3O5/c1-3-5-9-24(31)29-21-8-6-7-20(16-21)28-17-19-14-22(27)26(23(15-19)34-4-2)35-18-25(32)30-10-12-33-13-11-30/h6-8,14-16,28H,3-5,9-13,17-18H2,1-2H3,(H,29,31). The fourth-order valence-corrected chi connectivity index (χ4v) is 3.92. The molecular formula is C26H34ClN3O5. The summed E-state index contributed by atoms with van der Waals surface area (Å²) in [6.45, 7) is 6.92. The van der Waals surface area contributed by atoms with Gasteiger partial charge >= 0.3 is 0 Å². The lowest BCUT2D eigenvalue weighted by atomic mass is 10.2. The quantitative estimate of drug-likeness (QED) is 0.436. The molecule has 9 heteroatoms. The molecule has 190 valence electrons. The number of amides is 2. The predicted molar refractivity (Wildman–Crippen MR) is 137 cm³/mol. The second-order valence-electron chi connectivity index (χ2n) is 8.21. The van der Waals surface area contributed by atoms with Gasteiger partial charge < -0.3 is 29.7 Å². The van der Waals surface area contributed by atoms with Gasteiger partial charge in [-0.1, -0.05) is 31.0 Å². The van der Waals surface area contributed by atoms with E-state index in [0.717, 1.165) is 29.8 Å². The van der Waals surface area contributed by atoms with Crippen LogP contribution in [0.4, 0.5) is 11.4 Å². The monoisotopic (exact) mass is 503 g/mol. The molecule has 0 aliphatic carbocycles. The minimum atomic E-state index is -0.117. The van der Waals surface area contributed by atoms with E-state index >= 15 is 0 Å². The highest BCUT2D eigenvalue weighted by Gasteiger charge is 2.19. The highest BCUT2D eigenvalue weighted by Crippen LogP contribution is 2.37. The zero-order valence-electron chi connectivity index (χ0n) is 20.4. The van der Waals surface area contributed by atoms with Crippen LogP contribution in [0.5, 0.6) is 11.5 Å². The van der Waals surface area contributed by atoms with Gasteiger partial charge in [0.05, 0.1) is 24.8 Å². The normalized spacial score (nSPS) is 13.3. The smallest absolute Gasteiger partial charge is 0.260 e. The van der Waals surface area contributed by atoms with Crippen LogP contribution in [0.2, 0.25) is 5.02 Å². The number of carbonyl (C=O) groups is 2. The average molecular weight is 504 g/mol. The van der Waals surface area contributed by atoms with Gasteiger partial charge in [-0.15, -0.1) is 0 Å². The van der Waals surface area contributed by atoms with Crippen LogP contribution in [0.1, 0.15) is 38.7 Å². The molecule has 1 heterocycles. The minimum Gasteiger partial charge on any atom is -0.490 e. The first-order valence-corrected chi connectivity index (χ1v) is 12.4. The Bertz CT molecular complexity index is 995. The van der Waals surface area contributed by atoms with Crippen LogP contribution in [0.25, 0.3) is 0 Å². The molecule has 35 heavy (non-hydrogen) atoms. The lowest BCUT2D eigenvalue weighted by molar-refractivity contribution is -0.137. The molecule has 1 saturated heterocycles. The van der Waals surface area contributed by atoms with E-state index in [-0.39, 0.29) is 18.4 Å². The Morgan fingerprint density at radius 1 is 1.09 bits per heavy atom. The van der Waals surface area contributed by atoms with Crippen molar-refractivity contribution in [2.75, 3.05) is 50.2 Å². The van der Waals surface area contributed by atoms with Crippen molar-refractivity contribution in [1.82, 2.24) is 4.90 Å². The Balaban J connectivity index is 1.62. The zero-order chi connectivity index (χ0) is 25.0. The number of anilines is 2. The van der Waals surface area contributed by atoms with Crippen molar-refractivity contribution >= 4 is 34.8 Å². The Morgan fingerprint density at radius 2 is 1.86 bits per heavy atom. The fourth-order valence-electron chi connectivity index (χ4n) is 3.64. The maximum Gasteiger partial charge on any atom is 0.260 e. The number of morpholine rings is 1. The second kappa shape index (κ2) is 13.8. The lowest BCUT2D eigenvalue weighted by Gasteiger charge is -2.27. The van der Waals surface area contributed by atoms with Crippen molar-refractivity contribution in [1.29, 1.82) is 0 Å². The van der Waals surface area contributed by atoms with Crippen molar-refractivity contribution in [3.8, 4) is 11.5 Å². The van der Waals surface area contributed by atoms with Crippen LogP contribution < -0.4 is 20.1 Å². The number of unbranched alkanes of at least 4 members (excludes halogenated alkanes) is 1. The molecule has 2 N–H and O–H groups in total. The van der Waals surface area contributed by atoms with Crippen LogP contribution in [-0.2, 0) is 20.9 Å². The molecule has 1 fully saturated rings. The van der Waals surface area contributed by atoms with E-state index < -0.39 is 0 Å². The molecular weight excluding hydrogens is 470 g/mol. The molecule has 1 aliphatic heterocycles. The summed E-state index contributed by atoms with van der Waals surface area (Å²) >= 11 is 6.52. The average Bonchev–Trinajstić information content (AvgIpc) is 2.86. The van der Waals surface area contributed by atoms with Crippen molar-refractivity contribution in [3.63, 3.8) is 0 Å². The van der Waals surface area contributed by atoms with E-state index in [1.54, 1.807) is 11.0 Å². The Hall–Kier alpha value is -2.97. The van der Waals surface area contributed by atoms with Gasteiger partial charge in [0.15, 0.2) is 18.1 Å². The van der Waals surface area contributed by atoms with Crippen LogP contribution in [-0.4, -0.2) is 56.2 Å². The van der Waals surface area contributed by atoms with Gasteiger partial charge in [-0.25, -0.2) is 0 Å². The molecule has 0 atom stereocenters. The molecule has 2 amide bonds. The second-order valence-corrected chi connectivity index (χ2v) is 8.61. The topological polar surface area (TPSA) is 89.1 Å². The summed E-state index contributed by atoms with van der Waals surface area (Å²) in [4.78, 5) is 26.2. The summed E-state index contributed by atoms with van der Waals surface area (Å²) in [5, 5.41) is 6.65. The van der Waals surface area contributed by atoms with Gasteiger partial charge in [-0.3, -0.25) is 9.59 Å². The number of carbonyl (C=O) groups excluding carboxylic acids is 2. The number of nitrogens with one attached hydrogen (secondary N) is 2. The molecule has 0 unspecified atom stereocenters. The summed E-state index contributed by atoms with van der Waals surface area (Å²) < 4.78 is 16.8. The van der Waals surface area contributed by atoms with Crippen molar-refractivity contribution in [2.24, 2.45) is 0 Å². The van der Waals surface area contributed by atoms with Gasteiger partial charge in [0, 0.05) is 37.4 Å². The van der Waals surface area contributed by atoms with Crippen LogP contribution in [0.3, 0.4) is 0 Å². The Kier molecular flexibility index (Phi) is 10.5. The molecule has 1 aliphatic rings. The lowest BCUT2D eigenvalue weighted by Crippen LogP contribution is -2.43. The molecule has 0 spiro atoms. The predicted octanol–water partition coefficient (Wildman–Crippen LogP) is 4.72. The molecule has 0 aromatic heterocycles. The number of benzene rings is 2. The van der Waals surface area contributed by atoms with Crippen molar-refractivity contribution in [3.05, 3.63) is 47.0 Å². The first-order chi connectivity index (χ1) is 17.0. The van der Waals surface area contributed by atoms with E-state index in [4.69, 9.17) is 25.8 Å². The van der Waals surface area contributed by atoms with Gasteiger partial charge in [0.1, 0.15) is 0 Å². The van der Waals surface area contributed by atoms with E-state index in [1.807, 2.05) is 37.3 Å². The summed E-state index contributed by atoms with van der Waals surface area (Å²) in [5.74, 6) is 0.748. The number of nitrogens with zero attached hydrogens (tertiary/aromatic N) is 1. The Labute approximate surface area is 211 Å². The molecule has 0 saturated carbocycles. The molecule has 2 aromatic carbocycles. The van der Waals surface area contributed by atoms with Gasteiger partial charge in [0.2, 0.25) is 5.91 Å². The largest absolute Gasteiger partial charge is 0.490 e. The van der Waals surface area contributed by atoms with Gasteiger partial charge in [-0.05, 0) is 49.2 Å². The number of ether oxygens (including phenoxy) is 3. The van der Waals surface area contributed by atoms with Crippen LogP contribution in [0, 0.1) is 0 Å². The third kappa shape index (κ3) is 8.33. The van der Waals surface area contributed by atoms with Crippen LogP contribution in [0.15, 0.2) is 36.4 Å². The number of hydrogen-bond acceptors (Lipinski definition) is 6. The van der Waals surface area contributed by atoms with Crippen molar-refractivity contribution in [2.45, 2.75) is 39.7 Å². The summed E-state index contributed by atoms with van der Waals surface area (Å²) in [5.41, 5.74) is 2.50. The molecule has 2 aromatic rings. The first-order valence-electron chi connectivity index (χ1n) is 12.1. The summed E-state index contributed by atoms with van der Waals surface area (Å²) in [7, 11) is 0.